The van der Waals surface area contributed by atoms with Crippen LogP contribution < -0.4 is 0 Å². The Labute approximate surface area is 121 Å². The van der Waals surface area contributed by atoms with Crippen molar-refractivity contribution >= 4 is 34.5 Å². The molecule has 0 spiro atoms. The van der Waals surface area contributed by atoms with Crippen molar-refractivity contribution in [1.82, 2.24) is 9.88 Å². The van der Waals surface area contributed by atoms with E-state index in [9.17, 15) is 0 Å². The van der Waals surface area contributed by atoms with Crippen molar-refractivity contribution in [3.8, 4) is 0 Å². The third kappa shape index (κ3) is 3.69. The van der Waals surface area contributed by atoms with Crippen molar-refractivity contribution in [2.45, 2.75) is 20.0 Å². The molecule has 0 saturated carbocycles. The average molecular weight is 301 g/mol. The molecule has 5 heteroatoms. The van der Waals surface area contributed by atoms with Gasteiger partial charge in [-0.3, -0.25) is 4.90 Å². The minimum Gasteiger partial charge on any atom is -0.294 e. The highest BCUT2D eigenvalue weighted by Gasteiger charge is 2.09. The first-order chi connectivity index (χ1) is 8.69. The Morgan fingerprint density at radius 2 is 2.17 bits per heavy atom. The van der Waals surface area contributed by atoms with E-state index in [0.29, 0.717) is 10.2 Å². The lowest BCUT2D eigenvalue weighted by molar-refractivity contribution is 0.273. The molecule has 0 aromatic carbocycles. The Morgan fingerprint density at radius 3 is 2.78 bits per heavy atom. The molecule has 96 valence electrons. The maximum absolute atomic E-state index is 6.16. The van der Waals surface area contributed by atoms with Gasteiger partial charge in [0.1, 0.15) is 5.15 Å². The Hall–Kier alpha value is -0.610. The summed E-state index contributed by atoms with van der Waals surface area (Å²) >= 11 is 13.7. The molecule has 0 aliphatic heterocycles. The van der Waals surface area contributed by atoms with Crippen molar-refractivity contribution in [2.24, 2.45) is 0 Å². The van der Waals surface area contributed by atoms with Gasteiger partial charge in [0.25, 0.3) is 0 Å². The van der Waals surface area contributed by atoms with Crippen molar-refractivity contribution in [1.29, 1.82) is 0 Å². The third-order valence-electron chi connectivity index (χ3n) is 2.70. The molecule has 0 unspecified atom stereocenters. The summed E-state index contributed by atoms with van der Waals surface area (Å²) in [5.41, 5.74) is 1.01. The topological polar surface area (TPSA) is 16.1 Å². The van der Waals surface area contributed by atoms with E-state index < -0.39 is 0 Å². The SMILES string of the molecule is CCN(Cc1cccs1)Cc1cnc(Cl)cc1Cl. The van der Waals surface area contributed by atoms with Crippen LogP contribution in [0.1, 0.15) is 17.4 Å². The quantitative estimate of drug-likeness (QED) is 0.757. The van der Waals surface area contributed by atoms with Crippen molar-refractivity contribution in [3.63, 3.8) is 0 Å². The summed E-state index contributed by atoms with van der Waals surface area (Å²) < 4.78 is 0. The lowest BCUT2D eigenvalue weighted by Gasteiger charge is -2.20. The fraction of sp³-hybridized carbons (Fsp3) is 0.308. The second-order valence-electron chi connectivity index (χ2n) is 3.98. The van der Waals surface area contributed by atoms with Gasteiger partial charge in [0.05, 0.1) is 0 Å². The van der Waals surface area contributed by atoms with Gasteiger partial charge in [-0.15, -0.1) is 11.3 Å². The van der Waals surface area contributed by atoms with Crippen LogP contribution in [-0.4, -0.2) is 16.4 Å². The van der Waals surface area contributed by atoms with Crippen LogP contribution in [0.5, 0.6) is 0 Å². The van der Waals surface area contributed by atoms with E-state index in [4.69, 9.17) is 23.2 Å². The van der Waals surface area contributed by atoms with E-state index >= 15 is 0 Å². The van der Waals surface area contributed by atoms with E-state index in [1.807, 2.05) is 0 Å². The number of rotatable bonds is 5. The zero-order valence-electron chi connectivity index (χ0n) is 10.1. The fourth-order valence-corrected chi connectivity index (χ4v) is 2.87. The molecule has 0 N–H and O–H groups in total. The highest BCUT2D eigenvalue weighted by atomic mass is 35.5. The van der Waals surface area contributed by atoms with Crippen LogP contribution in [0.4, 0.5) is 0 Å². The molecule has 2 nitrogen and oxygen atoms in total. The van der Waals surface area contributed by atoms with Crippen LogP contribution in [0, 0.1) is 0 Å². The molecule has 2 aromatic heterocycles. The predicted molar refractivity (Wildman–Crippen MR) is 78.4 cm³/mol. The number of halogens is 2. The zero-order valence-corrected chi connectivity index (χ0v) is 12.4. The first-order valence-electron chi connectivity index (χ1n) is 5.73. The summed E-state index contributed by atoms with van der Waals surface area (Å²) in [6.07, 6.45) is 1.75. The molecule has 0 amide bonds. The monoisotopic (exact) mass is 300 g/mol. The summed E-state index contributed by atoms with van der Waals surface area (Å²) in [4.78, 5) is 7.76. The van der Waals surface area contributed by atoms with Gasteiger partial charge < -0.3 is 0 Å². The summed E-state index contributed by atoms with van der Waals surface area (Å²) in [7, 11) is 0. The smallest absolute Gasteiger partial charge is 0.130 e. The molecule has 0 radical (unpaired) electrons. The maximum atomic E-state index is 6.16. The Balaban J connectivity index is 2.05. The first-order valence-corrected chi connectivity index (χ1v) is 7.37. The van der Waals surface area contributed by atoms with Crippen molar-refractivity contribution in [3.05, 3.63) is 50.4 Å². The molecule has 2 heterocycles. The minimum absolute atomic E-state index is 0.435. The predicted octanol–water partition coefficient (Wildman–Crippen LogP) is 4.47. The lowest BCUT2D eigenvalue weighted by atomic mass is 10.2. The second-order valence-corrected chi connectivity index (χ2v) is 5.81. The first kappa shape index (κ1) is 13.8. The highest BCUT2D eigenvalue weighted by molar-refractivity contribution is 7.09. The van der Waals surface area contributed by atoms with Crippen LogP contribution in [0.3, 0.4) is 0 Å². The standard InChI is InChI=1S/C13H14Cl2N2S/c1-2-17(9-11-4-3-5-18-11)8-10-7-16-13(15)6-12(10)14/h3-7H,2,8-9H2,1H3. The van der Waals surface area contributed by atoms with Gasteiger partial charge in [-0.05, 0) is 24.1 Å². The van der Waals surface area contributed by atoms with Gasteiger partial charge in [-0.25, -0.2) is 4.98 Å². The number of pyridine rings is 1. The molecule has 0 fully saturated rings. The largest absolute Gasteiger partial charge is 0.294 e. The summed E-state index contributed by atoms with van der Waals surface area (Å²) in [5, 5.41) is 3.21. The van der Waals surface area contributed by atoms with Crippen molar-refractivity contribution in [2.75, 3.05) is 6.54 Å². The molecular weight excluding hydrogens is 287 g/mol. The number of hydrogen-bond acceptors (Lipinski definition) is 3. The molecule has 0 aliphatic carbocycles. The molecule has 0 saturated heterocycles. The minimum atomic E-state index is 0.435. The van der Waals surface area contributed by atoms with Gasteiger partial charge >= 0.3 is 0 Å². The third-order valence-corrected chi connectivity index (χ3v) is 4.12. The van der Waals surface area contributed by atoms with Crippen LogP contribution >= 0.6 is 34.5 Å². The Kier molecular flexibility index (Phi) is 5.01. The van der Waals surface area contributed by atoms with Gasteiger partial charge in [-0.1, -0.05) is 36.2 Å². The summed E-state index contributed by atoms with van der Waals surface area (Å²) in [6.45, 7) is 4.84. The normalized spacial score (nSPS) is 11.1. The number of hydrogen-bond donors (Lipinski definition) is 0. The Bertz CT molecular complexity index is 500. The van der Waals surface area contributed by atoms with E-state index in [-0.39, 0.29) is 0 Å². The fourth-order valence-electron chi connectivity index (χ4n) is 1.70. The van der Waals surface area contributed by atoms with E-state index in [0.717, 1.165) is 25.2 Å². The lowest BCUT2D eigenvalue weighted by Crippen LogP contribution is -2.22. The van der Waals surface area contributed by atoms with Crippen LogP contribution in [0.2, 0.25) is 10.2 Å². The van der Waals surface area contributed by atoms with Crippen molar-refractivity contribution < 1.29 is 0 Å². The van der Waals surface area contributed by atoms with E-state index in [1.54, 1.807) is 23.6 Å². The van der Waals surface area contributed by atoms with Gasteiger partial charge in [0.15, 0.2) is 0 Å². The van der Waals surface area contributed by atoms with Crippen LogP contribution in [-0.2, 0) is 13.1 Å². The number of thiophene rings is 1. The Morgan fingerprint density at radius 1 is 1.33 bits per heavy atom. The van der Waals surface area contributed by atoms with Gasteiger partial charge in [0, 0.05) is 34.7 Å². The molecule has 0 aliphatic rings. The molecule has 2 rings (SSSR count). The summed E-state index contributed by atoms with van der Waals surface area (Å²) in [5.74, 6) is 0. The zero-order chi connectivity index (χ0) is 13.0. The average Bonchev–Trinajstić information content (AvgIpc) is 2.84. The molecule has 2 aromatic rings. The molecule has 0 bridgehead atoms. The van der Waals surface area contributed by atoms with E-state index in [2.05, 4.69) is 34.3 Å². The van der Waals surface area contributed by atoms with Crippen LogP contribution in [0.15, 0.2) is 29.8 Å². The number of nitrogens with zero attached hydrogens (tertiary/aromatic N) is 2. The summed E-state index contributed by atoms with van der Waals surface area (Å²) in [6, 6.07) is 5.91. The molecule has 0 atom stereocenters. The van der Waals surface area contributed by atoms with Crippen LogP contribution in [0.25, 0.3) is 0 Å². The van der Waals surface area contributed by atoms with Gasteiger partial charge in [0.2, 0.25) is 0 Å². The highest BCUT2D eigenvalue weighted by Crippen LogP contribution is 2.21. The number of aromatic nitrogens is 1. The van der Waals surface area contributed by atoms with Gasteiger partial charge in [-0.2, -0.15) is 0 Å². The second kappa shape index (κ2) is 6.53. The maximum Gasteiger partial charge on any atom is 0.130 e. The van der Waals surface area contributed by atoms with E-state index in [1.165, 1.54) is 4.88 Å². The molecular formula is C13H14Cl2N2S. The molecule has 18 heavy (non-hydrogen) atoms.